The minimum Gasteiger partial charge on any atom is -0.490 e. The van der Waals surface area contributed by atoms with E-state index in [1.54, 1.807) is 4.90 Å². The molecule has 1 atom stereocenters. The van der Waals surface area contributed by atoms with Crippen LogP contribution in [0.25, 0.3) is 0 Å². The summed E-state index contributed by atoms with van der Waals surface area (Å²) in [6.45, 7) is 10.2. The summed E-state index contributed by atoms with van der Waals surface area (Å²) < 4.78 is 10.8. The third-order valence-electron chi connectivity index (χ3n) is 4.28. The van der Waals surface area contributed by atoms with Gasteiger partial charge in [-0.1, -0.05) is 17.7 Å². The van der Waals surface area contributed by atoms with Crippen molar-refractivity contribution < 1.29 is 24.3 Å². The molecule has 2 rings (SSSR count). The smallest absolute Gasteiger partial charge is 0.410 e. The molecule has 2 N–H and O–H groups in total. The SMILES string of the molecule is CCOC(=O)N1CC[NH+](CC(O)COc2ccc(C)cc2C)CC1. The molecule has 1 aliphatic rings. The number of nitrogens with one attached hydrogen (secondary N) is 1. The van der Waals surface area contributed by atoms with Crippen molar-refractivity contribution in [2.75, 3.05) is 45.9 Å². The van der Waals surface area contributed by atoms with Crippen LogP contribution in [0, 0.1) is 13.8 Å². The highest BCUT2D eigenvalue weighted by Gasteiger charge is 2.26. The number of hydrogen-bond acceptors (Lipinski definition) is 4. The van der Waals surface area contributed by atoms with Gasteiger partial charge in [-0.05, 0) is 32.4 Å². The zero-order chi connectivity index (χ0) is 17.5. The first-order chi connectivity index (χ1) is 11.5. The standard InChI is InChI=1S/C18H28N2O4/c1-4-23-18(22)20-9-7-19(8-10-20)12-16(21)13-24-17-6-5-14(2)11-15(17)3/h5-6,11,16,21H,4,7-10,12-13H2,1-3H3/p+1. The molecule has 24 heavy (non-hydrogen) atoms. The van der Waals surface area contributed by atoms with Crippen LogP contribution in [0.3, 0.4) is 0 Å². The summed E-state index contributed by atoms with van der Waals surface area (Å²) in [5.74, 6) is 0.821. The number of hydrogen-bond donors (Lipinski definition) is 2. The molecule has 6 heteroatoms. The highest BCUT2D eigenvalue weighted by molar-refractivity contribution is 5.67. The molecule has 1 amide bonds. The summed E-state index contributed by atoms with van der Waals surface area (Å²) in [6.07, 6.45) is -0.759. The van der Waals surface area contributed by atoms with Gasteiger partial charge in [0.25, 0.3) is 0 Å². The number of carbonyl (C=O) groups excluding carboxylic acids is 1. The molecule has 134 valence electrons. The van der Waals surface area contributed by atoms with E-state index in [4.69, 9.17) is 9.47 Å². The Balaban J connectivity index is 1.71. The van der Waals surface area contributed by atoms with Crippen molar-refractivity contribution in [3.8, 4) is 5.75 Å². The Labute approximate surface area is 144 Å². The lowest BCUT2D eigenvalue weighted by Gasteiger charge is -2.32. The lowest BCUT2D eigenvalue weighted by molar-refractivity contribution is -0.907. The fraction of sp³-hybridized carbons (Fsp3) is 0.611. The van der Waals surface area contributed by atoms with Crippen LogP contribution >= 0.6 is 0 Å². The van der Waals surface area contributed by atoms with Crippen LogP contribution in [0.1, 0.15) is 18.1 Å². The Bertz CT molecular complexity index is 542. The van der Waals surface area contributed by atoms with E-state index in [2.05, 4.69) is 6.07 Å². The summed E-state index contributed by atoms with van der Waals surface area (Å²) in [5.41, 5.74) is 2.28. The zero-order valence-electron chi connectivity index (χ0n) is 14.9. The first-order valence-electron chi connectivity index (χ1n) is 8.63. The Morgan fingerprint density at radius 3 is 2.67 bits per heavy atom. The number of piperazine rings is 1. The first-order valence-corrected chi connectivity index (χ1v) is 8.63. The molecule has 0 radical (unpaired) electrons. The van der Waals surface area contributed by atoms with E-state index in [0.29, 0.717) is 26.2 Å². The van der Waals surface area contributed by atoms with Crippen molar-refractivity contribution in [1.29, 1.82) is 0 Å². The molecule has 1 saturated heterocycles. The summed E-state index contributed by atoms with van der Waals surface area (Å²) >= 11 is 0. The summed E-state index contributed by atoms with van der Waals surface area (Å²) in [7, 11) is 0. The lowest BCUT2D eigenvalue weighted by Crippen LogP contribution is -3.16. The van der Waals surface area contributed by atoms with Gasteiger partial charge in [0.2, 0.25) is 0 Å². The van der Waals surface area contributed by atoms with Crippen LogP contribution in [0.15, 0.2) is 18.2 Å². The van der Waals surface area contributed by atoms with Gasteiger partial charge in [0.05, 0.1) is 32.8 Å². The second-order valence-electron chi connectivity index (χ2n) is 6.37. The normalized spacial score (nSPS) is 16.8. The van der Waals surface area contributed by atoms with Crippen LogP contribution < -0.4 is 9.64 Å². The summed E-state index contributed by atoms with van der Waals surface area (Å²) in [6, 6.07) is 6.03. The highest BCUT2D eigenvalue weighted by Crippen LogP contribution is 2.18. The number of nitrogens with zero attached hydrogens (tertiary/aromatic N) is 1. The molecule has 6 nitrogen and oxygen atoms in total. The minimum absolute atomic E-state index is 0.240. The van der Waals surface area contributed by atoms with Gasteiger partial charge in [-0.3, -0.25) is 4.90 Å². The Morgan fingerprint density at radius 1 is 1.33 bits per heavy atom. The minimum atomic E-state index is -0.519. The molecule has 0 aliphatic carbocycles. The lowest BCUT2D eigenvalue weighted by atomic mass is 10.1. The fourth-order valence-corrected chi connectivity index (χ4v) is 2.96. The van der Waals surface area contributed by atoms with Crippen LogP contribution in [-0.4, -0.2) is 68.1 Å². The molecular formula is C18H29N2O4+. The van der Waals surface area contributed by atoms with E-state index in [1.807, 2.05) is 32.9 Å². The molecule has 1 heterocycles. The van der Waals surface area contributed by atoms with E-state index in [1.165, 1.54) is 10.5 Å². The Morgan fingerprint density at radius 2 is 2.04 bits per heavy atom. The maximum Gasteiger partial charge on any atom is 0.410 e. The quantitative estimate of drug-likeness (QED) is 0.789. The largest absolute Gasteiger partial charge is 0.490 e. The fourth-order valence-electron chi connectivity index (χ4n) is 2.96. The van der Waals surface area contributed by atoms with Crippen molar-refractivity contribution in [2.45, 2.75) is 26.9 Å². The molecule has 0 aromatic heterocycles. The monoisotopic (exact) mass is 337 g/mol. The van der Waals surface area contributed by atoms with E-state index >= 15 is 0 Å². The van der Waals surface area contributed by atoms with Crippen LogP contribution in [0.4, 0.5) is 4.79 Å². The molecule has 1 aromatic rings. The van der Waals surface area contributed by atoms with Crippen LogP contribution in [0.5, 0.6) is 5.75 Å². The van der Waals surface area contributed by atoms with E-state index in [9.17, 15) is 9.90 Å². The third kappa shape index (κ3) is 5.39. The number of amides is 1. The van der Waals surface area contributed by atoms with Crippen LogP contribution in [-0.2, 0) is 4.74 Å². The van der Waals surface area contributed by atoms with Gasteiger partial charge in [0, 0.05) is 0 Å². The van der Waals surface area contributed by atoms with Crippen molar-refractivity contribution >= 4 is 6.09 Å². The summed E-state index contributed by atoms with van der Waals surface area (Å²) in [4.78, 5) is 14.7. The number of aliphatic hydroxyl groups excluding tert-OH is 1. The zero-order valence-corrected chi connectivity index (χ0v) is 14.9. The van der Waals surface area contributed by atoms with Crippen molar-refractivity contribution in [3.63, 3.8) is 0 Å². The number of carbonyl (C=O) groups is 1. The average molecular weight is 337 g/mol. The third-order valence-corrected chi connectivity index (χ3v) is 4.28. The highest BCUT2D eigenvalue weighted by atomic mass is 16.6. The van der Waals surface area contributed by atoms with Crippen LogP contribution in [0.2, 0.25) is 0 Å². The van der Waals surface area contributed by atoms with Gasteiger partial charge in [-0.15, -0.1) is 0 Å². The molecule has 1 fully saturated rings. The van der Waals surface area contributed by atoms with Gasteiger partial charge in [0.1, 0.15) is 25.0 Å². The Kier molecular flexibility index (Phi) is 6.87. The second-order valence-corrected chi connectivity index (χ2v) is 6.37. The topological polar surface area (TPSA) is 63.4 Å². The van der Waals surface area contributed by atoms with Crippen molar-refractivity contribution in [2.24, 2.45) is 0 Å². The number of rotatable bonds is 6. The van der Waals surface area contributed by atoms with E-state index in [-0.39, 0.29) is 12.7 Å². The maximum atomic E-state index is 11.7. The number of benzene rings is 1. The molecule has 0 spiro atoms. The van der Waals surface area contributed by atoms with E-state index in [0.717, 1.165) is 24.4 Å². The Hall–Kier alpha value is -1.79. The van der Waals surface area contributed by atoms with Gasteiger partial charge in [-0.2, -0.15) is 0 Å². The number of aliphatic hydroxyl groups is 1. The number of aryl methyl sites for hydroxylation is 2. The molecule has 0 bridgehead atoms. The molecule has 0 saturated carbocycles. The van der Waals surface area contributed by atoms with Crippen molar-refractivity contribution in [1.82, 2.24) is 4.90 Å². The van der Waals surface area contributed by atoms with E-state index < -0.39 is 6.10 Å². The molecule has 1 unspecified atom stereocenters. The molecular weight excluding hydrogens is 308 g/mol. The summed E-state index contributed by atoms with van der Waals surface area (Å²) in [5, 5.41) is 10.2. The van der Waals surface area contributed by atoms with Gasteiger partial charge in [-0.25, -0.2) is 4.79 Å². The number of quaternary nitrogens is 1. The van der Waals surface area contributed by atoms with Crippen molar-refractivity contribution in [3.05, 3.63) is 29.3 Å². The predicted molar refractivity (Wildman–Crippen MR) is 91.6 cm³/mol. The first kappa shape index (κ1) is 18.5. The average Bonchev–Trinajstić information content (AvgIpc) is 2.55. The molecule has 1 aliphatic heterocycles. The second kappa shape index (κ2) is 8.89. The maximum absolute atomic E-state index is 11.7. The number of ether oxygens (including phenoxy) is 2. The van der Waals surface area contributed by atoms with Gasteiger partial charge >= 0.3 is 6.09 Å². The van der Waals surface area contributed by atoms with Gasteiger partial charge < -0.3 is 19.5 Å². The molecule has 1 aromatic carbocycles. The van der Waals surface area contributed by atoms with Gasteiger partial charge in [0.15, 0.2) is 0 Å². The predicted octanol–water partition coefficient (Wildman–Crippen LogP) is 0.400.